The molecule has 0 bridgehead atoms. The summed E-state index contributed by atoms with van der Waals surface area (Å²) in [5.41, 5.74) is 1.30. The third kappa shape index (κ3) is 5.31. The molecule has 0 aliphatic heterocycles. The van der Waals surface area contributed by atoms with E-state index >= 15 is 0 Å². The maximum Gasteiger partial charge on any atom is 0.319 e. The van der Waals surface area contributed by atoms with Crippen LogP contribution in [0, 0.1) is 0 Å². The van der Waals surface area contributed by atoms with Crippen molar-refractivity contribution in [2.45, 2.75) is 6.42 Å². The Balaban J connectivity index is 2.43. The second-order valence-electron chi connectivity index (χ2n) is 3.64. The number of anilines is 1. The molecule has 6 nitrogen and oxygen atoms in total. The van der Waals surface area contributed by atoms with Gasteiger partial charge < -0.3 is 20.5 Å². The van der Waals surface area contributed by atoms with Gasteiger partial charge in [-0.25, -0.2) is 4.79 Å². The molecule has 0 spiro atoms. The summed E-state index contributed by atoms with van der Waals surface area (Å²) in [5.74, 6) is -0.881. The number of amides is 2. The SMILES string of the molecule is COCCNC(=O)Nc1ccc(CC(=O)O)cc1. The first kappa shape index (κ1) is 14.0. The zero-order chi connectivity index (χ0) is 13.4. The van der Waals surface area contributed by atoms with Crippen LogP contribution in [0.25, 0.3) is 0 Å². The number of urea groups is 1. The van der Waals surface area contributed by atoms with Gasteiger partial charge in [-0.2, -0.15) is 0 Å². The second kappa shape index (κ2) is 7.29. The molecule has 0 radical (unpaired) electrons. The van der Waals surface area contributed by atoms with Gasteiger partial charge in [-0.05, 0) is 17.7 Å². The molecule has 98 valence electrons. The number of carboxylic acids is 1. The van der Waals surface area contributed by atoms with Crippen molar-refractivity contribution in [2.24, 2.45) is 0 Å². The van der Waals surface area contributed by atoms with Crippen LogP contribution >= 0.6 is 0 Å². The van der Waals surface area contributed by atoms with E-state index in [-0.39, 0.29) is 12.5 Å². The number of methoxy groups -OCH3 is 1. The highest BCUT2D eigenvalue weighted by atomic mass is 16.5. The summed E-state index contributed by atoms with van der Waals surface area (Å²) in [4.78, 5) is 21.9. The summed E-state index contributed by atoms with van der Waals surface area (Å²) in [7, 11) is 1.56. The third-order valence-electron chi connectivity index (χ3n) is 2.16. The number of carbonyl (C=O) groups excluding carboxylic acids is 1. The van der Waals surface area contributed by atoms with Gasteiger partial charge in [0.25, 0.3) is 0 Å². The Labute approximate surface area is 105 Å². The highest BCUT2D eigenvalue weighted by molar-refractivity contribution is 5.89. The molecule has 0 saturated heterocycles. The molecule has 1 aromatic rings. The Morgan fingerprint density at radius 3 is 2.50 bits per heavy atom. The van der Waals surface area contributed by atoms with Gasteiger partial charge in [0.1, 0.15) is 0 Å². The third-order valence-corrected chi connectivity index (χ3v) is 2.16. The van der Waals surface area contributed by atoms with Crippen molar-refractivity contribution in [2.75, 3.05) is 25.6 Å². The van der Waals surface area contributed by atoms with Crippen molar-refractivity contribution in [3.05, 3.63) is 29.8 Å². The second-order valence-corrected chi connectivity index (χ2v) is 3.64. The van der Waals surface area contributed by atoms with Gasteiger partial charge >= 0.3 is 12.0 Å². The van der Waals surface area contributed by atoms with Crippen molar-refractivity contribution in [1.29, 1.82) is 0 Å². The molecule has 18 heavy (non-hydrogen) atoms. The van der Waals surface area contributed by atoms with Crippen LogP contribution in [0.1, 0.15) is 5.56 Å². The van der Waals surface area contributed by atoms with Crippen LogP contribution in [0.15, 0.2) is 24.3 Å². The Kier molecular flexibility index (Phi) is 5.66. The zero-order valence-corrected chi connectivity index (χ0v) is 10.1. The van der Waals surface area contributed by atoms with Crippen LogP contribution in [0.4, 0.5) is 10.5 Å². The zero-order valence-electron chi connectivity index (χ0n) is 10.1. The molecule has 3 N–H and O–H groups in total. The van der Waals surface area contributed by atoms with Crippen molar-refractivity contribution in [1.82, 2.24) is 5.32 Å². The van der Waals surface area contributed by atoms with Gasteiger partial charge in [0.2, 0.25) is 0 Å². The Bertz CT molecular complexity index is 403. The maximum atomic E-state index is 11.4. The summed E-state index contributed by atoms with van der Waals surface area (Å²) >= 11 is 0. The fourth-order valence-corrected chi connectivity index (χ4v) is 1.32. The number of benzene rings is 1. The van der Waals surface area contributed by atoms with Crippen LogP contribution in [0.3, 0.4) is 0 Å². The van der Waals surface area contributed by atoms with Crippen LogP contribution < -0.4 is 10.6 Å². The first-order valence-corrected chi connectivity index (χ1v) is 5.46. The molecule has 0 saturated carbocycles. The molecule has 0 atom stereocenters. The monoisotopic (exact) mass is 252 g/mol. The number of rotatable bonds is 6. The number of hydrogen-bond acceptors (Lipinski definition) is 3. The van der Waals surface area contributed by atoms with Gasteiger partial charge in [-0.3, -0.25) is 4.79 Å². The highest BCUT2D eigenvalue weighted by Crippen LogP contribution is 2.09. The van der Waals surface area contributed by atoms with Crippen LogP contribution in [0.5, 0.6) is 0 Å². The Hall–Kier alpha value is -2.08. The van der Waals surface area contributed by atoms with Crippen LogP contribution in [0.2, 0.25) is 0 Å². The number of carbonyl (C=O) groups is 2. The number of ether oxygens (including phenoxy) is 1. The summed E-state index contributed by atoms with van der Waals surface area (Å²) in [6, 6.07) is 6.33. The topological polar surface area (TPSA) is 87.7 Å². The lowest BCUT2D eigenvalue weighted by Crippen LogP contribution is -2.31. The minimum Gasteiger partial charge on any atom is -0.481 e. The first-order valence-electron chi connectivity index (χ1n) is 5.46. The number of hydrogen-bond donors (Lipinski definition) is 3. The minimum atomic E-state index is -0.881. The van der Waals surface area contributed by atoms with E-state index in [1.165, 1.54) is 0 Å². The smallest absolute Gasteiger partial charge is 0.319 e. The fourth-order valence-electron chi connectivity index (χ4n) is 1.32. The predicted molar refractivity (Wildman–Crippen MR) is 66.7 cm³/mol. The van der Waals surface area contributed by atoms with Gasteiger partial charge in [0, 0.05) is 19.3 Å². The van der Waals surface area contributed by atoms with Gasteiger partial charge in [-0.1, -0.05) is 12.1 Å². The van der Waals surface area contributed by atoms with E-state index in [0.29, 0.717) is 24.4 Å². The first-order chi connectivity index (χ1) is 8.61. The molecule has 0 heterocycles. The van der Waals surface area contributed by atoms with E-state index in [9.17, 15) is 9.59 Å². The largest absolute Gasteiger partial charge is 0.481 e. The van der Waals surface area contributed by atoms with E-state index in [1.54, 1.807) is 31.4 Å². The molecule has 6 heteroatoms. The van der Waals surface area contributed by atoms with Gasteiger partial charge in [0.15, 0.2) is 0 Å². The van der Waals surface area contributed by atoms with E-state index in [4.69, 9.17) is 9.84 Å². The summed E-state index contributed by atoms with van der Waals surface area (Å²) in [6.45, 7) is 0.879. The normalized spacial score (nSPS) is 9.83. The summed E-state index contributed by atoms with van der Waals surface area (Å²) in [6.07, 6.45) is -0.0275. The molecule has 0 fully saturated rings. The molecule has 2 amide bonds. The minimum absolute atomic E-state index is 0.0275. The standard InChI is InChI=1S/C12H16N2O4/c1-18-7-6-13-12(17)14-10-4-2-9(3-5-10)8-11(15)16/h2-5H,6-8H2,1H3,(H,15,16)(H2,13,14,17). The van der Waals surface area contributed by atoms with E-state index in [0.717, 1.165) is 0 Å². The number of carboxylic acid groups (broad SMARTS) is 1. The average molecular weight is 252 g/mol. The quantitative estimate of drug-likeness (QED) is 0.661. The summed E-state index contributed by atoms with van der Waals surface area (Å²) < 4.78 is 4.80. The lowest BCUT2D eigenvalue weighted by molar-refractivity contribution is -0.136. The van der Waals surface area contributed by atoms with E-state index < -0.39 is 5.97 Å². The average Bonchev–Trinajstić information content (AvgIpc) is 2.31. The van der Waals surface area contributed by atoms with Crippen molar-refractivity contribution < 1.29 is 19.4 Å². The van der Waals surface area contributed by atoms with Crippen LogP contribution in [-0.2, 0) is 16.0 Å². The lowest BCUT2D eigenvalue weighted by Gasteiger charge is -2.07. The van der Waals surface area contributed by atoms with Crippen molar-refractivity contribution in [3.8, 4) is 0 Å². The van der Waals surface area contributed by atoms with E-state index in [2.05, 4.69) is 10.6 Å². The van der Waals surface area contributed by atoms with Crippen molar-refractivity contribution in [3.63, 3.8) is 0 Å². The molecular formula is C12H16N2O4. The van der Waals surface area contributed by atoms with Gasteiger partial charge in [-0.15, -0.1) is 0 Å². The maximum absolute atomic E-state index is 11.4. The Morgan fingerprint density at radius 1 is 1.28 bits per heavy atom. The lowest BCUT2D eigenvalue weighted by atomic mass is 10.1. The summed E-state index contributed by atoms with van der Waals surface area (Å²) in [5, 5.41) is 13.8. The molecule has 0 aliphatic carbocycles. The highest BCUT2D eigenvalue weighted by Gasteiger charge is 2.02. The fraction of sp³-hybridized carbons (Fsp3) is 0.333. The van der Waals surface area contributed by atoms with Crippen LogP contribution in [-0.4, -0.2) is 37.4 Å². The number of aliphatic carboxylic acids is 1. The molecular weight excluding hydrogens is 236 g/mol. The Morgan fingerprint density at radius 2 is 1.94 bits per heavy atom. The van der Waals surface area contributed by atoms with E-state index in [1.807, 2.05) is 0 Å². The molecule has 1 rings (SSSR count). The van der Waals surface area contributed by atoms with Gasteiger partial charge in [0.05, 0.1) is 13.0 Å². The molecule has 0 aromatic heterocycles. The molecule has 0 aliphatic rings. The predicted octanol–water partition coefficient (Wildman–Crippen LogP) is 1.08. The van der Waals surface area contributed by atoms with Crippen molar-refractivity contribution >= 4 is 17.7 Å². The molecule has 0 unspecified atom stereocenters. The molecule has 1 aromatic carbocycles. The number of nitrogens with one attached hydrogen (secondary N) is 2.